The molecule has 0 saturated carbocycles. The van der Waals surface area contributed by atoms with E-state index in [9.17, 15) is 5.11 Å². The van der Waals surface area contributed by atoms with E-state index >= 15 is 0 Å². The Morgan fingerprint density at radius 3 is 3.08 bits per heavy atom. The molecule has 5 nitrogen and oxygen atoms in total. The molecule has 4 heterocycles. The number of aryl methyl sites for hydroxylation is 1. The lowest BCUT2D eigenvalue weighted by atomic mass is 10.1. The van der Waals surface area contributed by atoms with Crippen LogP contribution in [0.1, 0.15) is 20.9 Å². The van der Waals surface area contributed by atoms with E-state index in [1.807, 2.05) is 18.2 Å². The normalized spacial score (nSPS) is 14.3. The van der Waals surface area contributed by atoms with Crippen LogP contribution in [0.25, 0.3) is 11.6 Å². The highest BCUT2D eigenvalue weighted by Gasteiger charge is 2.15. The number of hydrogen-bond donors (Lipinski definition) is 2. The number of thiophene rings is 1. The number of fused-ring (bicyclic) bond motifs is 1. The Morgan fingerprint density at radius 2 is 2.25 bits per heavy atom. The van der Waals surface area contributed by atoms with Crippen molar-refractivity contribution in [2.75, 3.05) is 5.32 Å². The highest BCUT2D eigenvalue weighted by molar-refractivity contribution is 7.16. The van der Waals surface area contributed by atoms with Gasteiger partial charge in [0.05, 0.1) is 11.4 Å². The maximum atomic E-state index is 10.1. The molecule has 0 bridgehead atoms. The lowest BCUT2D eigenvalue weighted by Gasteiger charge is -2.00. The van der Waals surface area contributed by atoms with Crippen LogP contribution in [0.3, 0.4) is 0 Å². The molecule has 3 aromatic heterocycles. The lowest BCUT2D eigenvalue weighted by Crippen LogP contribution is -1.97. The van der Waals surface area contributed by atoms with Gasteiger partial charge in [-0.05, 0) is 42.1 Å². The van der Waals surface area contributed by atoms with Gasteiger partial charge in [-0.1, -0.05) is 11.3 Å². The van der Waals surface area contributed by atoms with Crippen LogP contribution in [0, 0.1) is 6.92 Å². The molecule has 0 aromatic carbocycles. The van der Waals surface area contributed by atoms with Gasteiger partial charge in [-0.2, -0.15) is 4.98 Å². The summed E-state index contributed by atoms with van der Waals surface area (Å²) < 4.78 is 0. The molecular formula is C17H14N4OS2. The first-order valence-electron chi connectivity index (χ1n) is 7.38. The van der Waals surface area contributed by atoms with Crippen molar-refractivity contribution >= 4 is 51.5 Å². The molecule has 0 amide bonds. The predicted octanol–water partition coefficient (Wildman–Crippen LogP) is 4.48. The van der Waals surface area contributed by atoms with Gasteiger partial charge in [-0.15, -0.1) is 11.3 Å². The average molecular weight is 354 g/mol. The molecule has 120 valence electrons. The Morgan fingerprint density at radius 1 is 1.33 bits per heavy atom. The van der Waals surface area contributed by atoms with E-state index in [1.165, 1.54) is 21.8 Å². The third-order valence-electron chi connectivity index (χ3n) is 3.71. The Balaban J connectivity index is 1.55. The fourth-order valence-electron chi connectivity index (χ4n) is 2.42. The molecule has 1 aliphatic rings. The van der Waals surface area contributed by atoms with Crippen LogP contribution >= 0.6 is 22.7 Å². The van der Waals surface area contributed by atoms with E-state index in [1.54, 1.807) is 23.7 Å². The van der Waals surface area contributed by atoms with Crippen molar-refractivity contribution in [2.24, 2.45) is 4.99 Å². The summed E-state index contributed by atoms with van der Waals surface area (Å²) in [5.74, 6) is 0.739. The zero-order chi connectivity index (χ0) is 16.5. The van der Waals surface area contributed by atoms with Crippen molar-refractivity contribution in [3.8, 4) is 5.88 Å². The minimum Gasteiger partial charge on any atom is -0.492 e. The Bertz CT molecular complexity index is 955. The number of allylic oxidation sites excluding steroid dienone is 1. The molecule has 1 aliphatic heterocycles. The number of nitrogens with zero attached hydrogens (tertiary/aromatic N) is 3. The van der Waals surface area contributed by atoms with E-state index in [0.717, 1.165) is 11.1 Å². The van der Waals surface area contributed by atoms with Crippen LogP contribution in [0.4, 0.5) is 10.9 Å². The zero-order valence-corrected chi connectivity index (χ0v) is 14.5. The quantitative estimate of drug-likeness (QED) is 0.724. The predicted molar refractivity (Wildman–Crippen MR) is 100 cm³/mol. The first-order valence-corrected chi connectivity index (χ1v) is 9.08. The van der Waals surface area contributed by atoms with Crippen LogP contribution in [0.2, 0.25) is 0 Å². The summed E-state index contributed by atoms with van der Waals surface area (Å²) in [6.07, 6.45) is 5.38. The van der Waals surface area contributed by atoms with E-state index in [2.05, 4.69) is 38.6 Å². The summed E-state index contributed by atoms with van der Waals surface area (Å²) in [5, 5.41) is 16.2. The Hall–Kier alpha value is -2.51. The lowest BCUT2D eigenvalue weighted by molar-refractivity contribution is 0.456. The second-order valence-electron chi connectivity index (χ2n) is 5.32. The molecule has 24 heavy (non-hydrogen) atoms. The smallest absolute Gasteiger partial charge is 0.231 e. The highest BCUT2D eigenvalue weighted by Crippen LogP contribution is 2.35. The van der Waals surface area contributed by atoms with Crippen molar-refractivity contribution < 1.29 is 5.11 Å². The molecule has 4 rings (SSSR count). The first kappa shape index (κ1) is 15.0. The Labute approximate surface area is 147 Å². The fourth-order valence-corrected chi connectivity index (χ4v) is 4.07. The van der Waals surface area contributed by atoms with E-state index < -0.39 is 0 Å². The van der Waals surface area contributed by atoms with Gasteiger partial charge in [0, 0.05) is 28.4 Å². The molecule has 2 N–H and O–H groups in total. The topological polar surface area (TPSA) is 70.4 Å². The van der Waals surface area contributed by atoms with Gasteiger partial charge in [-0.25, -0.2) is 9.98 Å². The summed E-state index contributed by atoms with van der Waals surface area (Å²) in [7, 11) is 0. The van der Waals surface area contributed by atoms with Gasteiger partial charge in [0.25, 0.3) is 0 Å². The summed E-state index contributed by atoms with van der Waals surface area (Å²) in [6.45, 7) is 2.80. The molecule has 0 atom stereocenters. The van der Waals surface area contributed by atoms with Crippen LogP contribution in [0.15, 0.2) is 34.8 Å². The van der Waals surface area contributed by atoms with Crippen LogP contribution < -0.4 is 5.32 Å². The maximum Gasteiger partial charge on any atom is 0.231 e. The molecule has 0 aliphatic carbocycles. The van der Waals surface area contributed by atoms with E-state index in [4.69, 9.17) is 0 Å². The number of anilines is 1. The van der Waals surface area contributed by atoms with Gasteiger partial charge >= 0.3 is 0 Å². The number of pyridine rings is 1. The second-order valence-corrected chi connectivity index (χ2v) is 7.35. The number of aromatic nitrogens is 2. The van der Waals surface area contributed by atoms with Gasteiger partial charge < -0.3 is 10.4 Å². The first-order chi connectivity index (χ1) is 11.7. The molecule has 0 spiro atoms. The summed E-state index contributed by atoms with van der Waals surface area (Å²) in [6, 6.07) is 5.95. The fraction of sp³-hybridized carbons (Fsp3) is 0.118. The van der Waals surface area contributed by atoms with Gasteiger partial charge in [0.1, 0.15) is 0 Å². The SMILES string of the molecule is Cc1ccsc1CNc1nc(O)c(C=C2C=Nc3ncccc32)s1. The van der Waals surface area contributed by atoms with Crippen molar-refractivity contribution in [3.05, 3.63) is 50.7 Å². The largest absolute Gasteiger partial charge is 0.492 e. The van der Waals surface area contributed by atoms with Crippen LogP contribution in [-0.4, -0.2) is 21.3 Å². The highest BCUT2D eigenvalue weighted by atomic mass is 32.1. The molecule has 3 aromatic rings. The third kappa shape index (κ3) is 2.83. The number of aromatic hydroxyl groups is 1. The minimum absolute atomic E-state index is 0.0311. The third-order valence-corrected chi connectivity index (χ3v) is 5.69. The molecule has 0 saturated heterocycles. The van der Waals surface area contributed by atoms with Crippen LogP contribution in [0.5, 0.6) is 5.88 Å². The van der Waals surface area contributed by atoms with Crippen molar-refractivity contribution in [1.82, 2.24) is 9.97 Å². The minimum atomic E-state index is 0.0311. The molecule has 7 heteroatoms. The standard InChI is InChI=1S/C17H14N4OS2/c1-10-4-6-23-14(10)9-20-17-21-16(22)13(24-17)7-11-8-19-15-12(11)3-2-5-18-15/h2-8,22H,9H2,1H3,(H,20,21). The Kier molecular flexibility index (Phi) is 3.87. The molecular weight excluding hydrogens is 340 g/mol. The second kappa shape index (κ2) is 6.18. The summed E-state index contributed by atoms with van der Waals surface area (Å²) in [5.41, 5.74) is 3.16. The summed E-state index contributed by atoms with van der Waals surface area (Å²) in [4.78, 5) is 14.7. The van der Waals surface area contributed by atoms with Crippen LogP contribution in [-0.2, 0) is 6.54 Å². The monoisotopic (exact) mass is 354 g/mol. The van der Waals surface area contributed by atoms with Gasteiger partial charge in [0.2, 0.25) is 5.88 Å². The molecule has 0 radical (unpaired) electrons. The number of nitrogens with one attached hydrogen (secondary N) is 1. The van der Waals surface area contributed by atoms with Gasteiger partial charge in [-0.3, -0.25) is 0 Å². The maximum absolute atomic E-state index is 10.1. The van der Waals surface area contributed by atoms with Crippen molar-refractivity contribution in [3.63, 3.8) is 0 Å². The molecule has 0 unspecified atom stereocenters. The van der Waals surface area contributed by atoms with E-state index in [0.29, 0.717) is 22.4 Å². The van der Waals surface area contributed by atoms with Crippen molar-refractivity contribution in [2.45, 2.75) is 13.5 Å². The van der Waals surface area contributed by atoms with E-state index in [-0.39, 0.29) is 5.88 Å². The summed E-state index contributed by atoms with van der Waals surface area (Å²) >= 11 is 3.14. The molecule has 0 fully saturated rings. The average Bonchev–Trinajstić information content (AvgIpc) is 3.27. The number of rotatable bonds is 4. The van der Waals surface area contributed by atoms with Crippen molar-refractivity contribution in [1.29, 1.82) is 0 Å². The number of aliphatic imine (C=N–C) groups is 1. The number of hydrogen-bond acceptors (Lipinski definition) is 7. The zero-order valence-electron chi connectivity index (χ0n) is 12.9. The number of thiazole rings is 1. The van der Waals surface area contributed by atoms with Gasteiger partial charge in [0.15, 0.2) is 10.9 Å².